The summed E-state index contributed by atoms with van der Waals surface area (Å²) in [5, 5.41) is 2.25. The molecule has 0 N–H and O–H groups in total. The highest BCUT2D eigenvalue weighted by Gasteiger charge is 2.47. The average molecular weight is 830 g/mol. The predicted octanol–water partition coefficient (Wildman–Crippen LogP) is 16.4. The van der Waals surface area contributed by atoms with Gasteiger partial charge in [-0.15, -0.1) is 0 Å². The monoisotopic (exact) mass is 829 g/mol. The first-order chi connectivity index (χ1) is 32.1. The zero-order valence-electron chi connectivity index (χ0n) is 35.9. The highest BCUT2D eigenvalue weighted by Crippen LogP contribution is 2.59. The van der Waals surface area contributed by atoms with E-state index in [1.165, 1.54) is 61.2 Å². The number of anilines is 3. The Hall–Kier alpha value is -8.20. The molecule has 2 aliphatic rings. The van der Waals surface area contributed by atoms with Gasteiger partial charge >= 0.3 is 0 Å². The maximum atomic E-state index is 6.27. The molecule has 0 saturated carbocycles. The Morgan fingerprint density at radius 2 is 0.923 bits per heavy atom. The average Bonchev–Trinajstić information content (AvgIpc) is 3.99. The van der Waals surface area contributed by atoms with Crippen molar-refractivity contribution in [1.82, 2.24) is 0 Å². The highest BCUT2D eigenvalue weighted by molar-refractivity contribution is 6.06. The molecule has 1 heterocycles. The van der Waals surface area contributed by atoms with E-state index >= 15 is 0 Å². The minimum Gasteiger partial charge on any atom is -0.456 e. The van der Waals surface area contributed by atoms with Gasteiger partial charge in [0.1, 0.15) is 11.2 Å². The smallest absolute Gasteiger partial charge is 0.135 e. The Kier molecular flexibility index (Phi) is 8.29. The zero-order valence-corrected chi connectivity index (χ0v) is 35.9. The van der Waals surface area contributed by atoms with E-state index in [1.54, 1.807) is 0 Å². The number of furan rings is 1. The molecule has 1 atom stereocenters. The van der Waals surface area contributed by atoms with Gasteiger partial charge in [0.05, 0.1) is 11.1 Å². The van der Waals surface area contributed by atoms with Gasteiger partial charge in [-0.2, -0.15) is 0 Å². The molecule has 0 amide bonds. The first kappa shape index (κ1) is 37.4. The van der Waals surface area contributed by atoms with Gasteiger partial charge in [0.2, 0.25) is 0 Å². The quantitative estimate of drug-likeness (QED) is 0.159. The van der Waals surface area contributed by atoms with E-state index in [4.69, 9.17) is 4.42 Å². The van der Waals surface area contributed by atoms with Crippen molar-refractivity contribution in [2.24, 2.45) is 0 Å². The van der Waals surface area contributed by atoms with Crippen LogP contribution in [0.25, 0.3) is 55.3 Å². The summed E-state index contributed by atoms with van der Waals surface area (Å²) in [6.07, 6.45) is 0. The van der Waals surface area contributed by atoms with Crippen LogP contribution in [-0.4, -0.2) is 0 Å². The molecule has 0 saturated heterocycles. The molecule has 0 radical (unpaired) electrons. The van der Waals surface area contributed by atoms with E-state index < -0.39 is 5.41 Å². The van der Waals surface area contributed by atoms with E-state index in [2.05, 4.69) is 242 Å². The van der Waals surface area contributed by atoms with Crippen molar-refractivity contribution in [3.05, 3.63) is 282 Å². The van der Waals surface area contributed by atoms with Gasteiger partial charge < -0.3 is 9.32 Å². The fourth-order valence-corrected chi connectivity index (χ4v) is 11.5. The van der Waals surface area contributed by atoms with Crippen LogP contribution in [0.3, 0.4) is 0 Å². The summed E-state index contributed by atoms with van der Waals surface area (Å²) in [6.45, 7) is 2.40. The van der Waals surface area contributed by atoms with Gasteiger partial charge in [-0.25, -0.2) is 0 Å². The predicted molar refractivity (Wildman–Crippen MR) is 269 cm³/mol. The van der Waals surface area contributed by atoms with Gasteiger partial charge in [0, 0.05) is 33.1 Å². The molecule has 306 valence electrons. The normalized spacial score (nSPS) is 15.3. The highest BCUT2D eigenvalue weighted by atomic mass is 16.3. The lowest BCUT2D eigenvalue weighted by molar-refractivity contribution is 0.669. The SMILES string of the molecule is CC1(c2ccccc2)c2ccccc2-c2c(N(c3cccc(-c4ccc5oc6ccccc6c5c4)c3)c3ccc4c(c3)-c3ccccc3C4(c3ccccc3)c3ccccc3)cccc21. The Morgan fingerprint density at radius 3 is 1.69 bits per heavy atom. The maximum Gasteiger partial charge on any atom is 0.135 e. The lowest BCUT2D eigenvalue weighted by Crippen LogP contribution is -2.28. The number of rotatable bonds is 7. The van der Waals surface area contributed by atoms with Crippen molar-refractivity contribution >= 4 is 39.0 Å². The van der Waals surface area contributed by atoms with Gasteiger partial charge in [0.25, 0.3) is 0 Å². The Balaban J connectivity index is 1.07. The molecule has 1 unspecified atom stereocenters. The van der Waals surface area contributed by atoms with Crippen LogP contribution in [0.1, 0.15) is 45.9 Å². The van der Waals surface area contributed by atoms with Crippen molar-refractivity contribution in [3.8, 4) is 33.4 Å². The molecule has 2 heteroatoms. The number of benzene rings is 10. The lowest BCUT2D eigenvalue weighted by atomic mass is 9.68. The van der Waals surface area contributed by atoms with Crippen molar-refractivity contribution in [3.63, 3.8) is 0 Å². The molecular weight excluding hydrogens is 787 g/mol. The fraction of sp³-hybridized carbons (Fsp3) is 0.0476. The van der Waals surface area contributed by atoms with Crippen LogP contribution in [0.15, 0.2) is 247 Å². The van der Waals surface area contributed by atoms with Crippen molar-refractivity contribution in [2.45, 2.75) is 17.8 Å². The lowest BCUT2D eigenvalue weighted by Gasteiger charge is -2.34. The topological polar surface area (TPSA) is 16.4 Å². The third kappa shape index (κ3) is 5.41. The molecule has 0 bridgehead atoms. The molecule has 11 aromatic rings. The molecule has 1 aromatic heterocycles. The van der Waals surface area contributed by atoms with Crippen LogP contribution in [0.5, 0.6) is 0 Å². The summed E-state index contributed by atoms with van der Waals surface area (Å²) in [7, 11) is 0. The second-order valence-corrected chi connectivity index (χ2v) is 17.7. The Bertz CT molecular complexity index is 3580. The molecule has 2 nitrogen and oxygen atoms in total. The largest absolute Gasteiger partial charge is 0.456 e. The summed E-state index contributed by atoms with van der Waals surface area (Å²) >= 11 is 0. The molecule has 0 fully saturated rings. The molecule has 65 heavy (non-hydrogen) atoms. The summed E-state index contributed by atoms with van der Waals surface area (Å²) in [6, 6.07) is 89.3. The number of para-hydroxylation sites is 1. The maximum absolute atomic E-state index is 6.27. The first-order valence-corrected chi connectivity index (χ1v) is 22.6. The molecule has 10 aromatic carbocycles. The third-order valence-electron chi connectivity index (χ3n) is 14.4. The number of fused-ring (bicyclic) bond motifs is 9. The van der Waals surface area contributed by atoms with Crippen LogP contribution < -0.4 is 4.90 Å². The summed E-state index contributed by atoms with van der Waals surface area (Å²) in [5.74, 6) is 0. The van der Waals surface area contributed by atoms with E-state index in [0.29, 0.717) is 0 Å². The minimum absolute atomic E-state index is 0.346. The summed E-state index contributed by atoms with van der Waals surface area (Å²) in [5.41, 5.74) is 20.6. The zero-order chi connectivity index (χ0) is 43.1. The van der Waals surface area contributed by atoms with E-state index in [1.807, 2.05) is 12.1 Å². The number of hydrogen-bond donors (Lipinski definition) is 0. The molecule has 0 spiro atoms. The van der Waals surface area contributed by atoms with Crippen molar-refractivity contribution in [1.29, 1.82) is 0 Å². The van der Waals surface area contributed by atoms with Gasteiger partial charge in [-0.05, 0) is 122 Å². The first-order valence-electron chi connectivity index (χ1n) is 22.6. The fourth-order valence-electron chi connectivity index (χ4n) is 11.5. The number of hydrogen-bond acceptors (Lipinski definition) is 2. The molecular formula is C63H43NO. The Morgan fingerprint density at radius 1 is 0.354 bits per heavy atom. The summed E-state index contributed by atoms with van der Waals surface area (Å²) < 4.78 is 6.27. The Labute approximate surface area is 379 Å². The second-order valence-electron chi connectivity index (χ2n) is 17.7. The van der Waals surface area contributed by atoms with Crippen LogP contribution in [0.2, 0.25) is 0 Å². The minimum atomic E-state index is -0.488. The second kappa shape index (κ2) is 14.4. The van der Waals surface area contributed by atoms with Crippen molar-refractivity contribution in [2.75, 3.05) is 4.90 Å². The van der Waals surface area contributed by atoms with Crippen LogP contribution >= 0.6 is 0 Å². The number of nitrogens with zero attached hydrogens (tertiary/aromatic N) is 1. The molecule has 13 rings (SSSR count). The van der Waals surface area contributed by atoms with Crippen LogP contribution in [-0.2, 0) is 10.8 Å². The van der Waals surface area contributed by atoms with Gasteiger partial charge in [0.15, 0.2) is 0 Å². The van der Waals surface area contributed by atoms with Crippen LogP contribution in [0, 0.1) is 0 Å². The standard InChI is InChI=1S/C63H43NO/c1-62(44-20-5-2-6-21-44)54-30-14-12-29-51(54)61-57(62)32-18-33-58(61)64(47-26-17-19-42(39-47)43-35-38-60-53(40-43)50-28-13-16-34-59(50)65-60)48-36-37-56-52(41-48)49-27-11-15-31-55(49)63(56,45-22-7-3-8-23-45)46-24-9-4-10-25-46/h2-41H,1H3. The van der Waals surface area contributed by atoms with Crippen molar-refractivity contribution < 1.29 is 4.42 Å². The molecule has 0 aliphatic heterocycles. The summed E-state index contributed by atoms with van der Waals surface area (Å²) in [4.78, 5) is 2.51. The van der Waals surface area contributed by atoms with E-state index in [0.717, 1.165) is 50.1 Å². The van der Waals surface area contributed by atoms with Gasteiger partial charge in [-0.1, -0.05) is 194 Å². The third-order valence-corrected chi connectivity index (χ3v) is 14.4. The molecule has 2 aliphatic carbocycles. The van der Waals surface area contributed by atoms with E-state index in [-0.39, 0.29) is 5.41 Å². The van der Waals surface area contributed by atoms with E-state index in [9.17, 15) is 0 Å². The van der Waals surface area contributed by atoms with Gasteiger partial charge in [-0.3, -0.25) is 0 Å². The van der Waals surface area contributed by atoms with Crippen LogP contribution in [0.4, 0.5) is 17.1 Å².